The normalized spacial score (nSPS) is 42.9. The molecule has 0 aromatic carbocycles. The number of hydrogen-bond acceptors (Lipinski definition) is 3. The van der Waals surface area contributed by atoms with Crippen LogP contribution in [-0.2, 0) is 14.3 Å². The molecule has 0 aromatic rings. The van der Waals surface area contributed by atoms with E-state index in [1.807, 2.05) is 6.08 Å². The van der Waals surface area contributed by atoms with Crippen LogP contribution in [0, 0.1) is 28.6 Å². The van der Waals surface area contributed by atoms with Gasteiger partial charge in [0.15, 0.2) is 5.78 Å². The molecular weight excluding hydrogens is 386 g/mol. The maximum Gasteiger partial charge on any atom is 0.311 e. The summed E-state index contributed by atoms with van der Waals surface area (Å²) in [5, 5.41) is 0. The first-order valence-corrected chi connectivity index (χ1v) is 13.2. The predicted octanol–water partition coefficient (Wildman–Crippen LogP) is 3.89. The summed E-state index contributed by atoms with van der Waals surface area (Å²) in [6.45, 7) is 8.26. The molecule has 4 fully saturated rings. The van der Waals surface area contributed by atoms with Crippen LogP contribution in [0.4, 0.5) is 0 Å². The summed E-state index contributed by atoms with van der Waals surface area (Å²) >= 11 is 0. The van der Waals surface area contributed by atoms with Crippen LogP contribution < -0.4 is 4.90 Å². The summed E-state index contributed by atoms with van der Waals surface area (Å²) in [6, 6.07) is 0. The lowest BCUT2D eigenvalue weighted by Crippen LogP contribution is -3.12. The van der Waals surface area contributed by atoms with Gasteiger partial charge >= 0.3 is 5.97 Å². The molecule has 0 bridgehead atoms. The van der Waals surface area contributed by atoms with Gasteiger partial charge in [-0.05, 0) is 93.5 Å². The zero-order chi connectivity index (χ0) is 21.6. The molecule has 5 rings (SSSR count). The van der Waals surface area contributed by atoms with E-state index in [0.29, 0.717) is 24.0 Å². The number of fused-ring (bicyclic) bond motifs is 5. The molecule has 4 heteroatoms. The van der Waals surface area contributed by atoms with Crippen molar-refractivity contribution >= 4 is 11.8 Å². The monoisotopic (exact) mass is 428 g/mol. The third-order valence-corrected chi connectivity index (χ3v) is 10.4. The van der Waals surface area contributed by atoms with Crippen molar-refractivity contribution in [3.05, 3.63) is 11.6 Å². The average Bonchev–Trinajstić information content (AvgIpc) is 3.10. The lowest BCUT2D eigenvalue weighted by Gasteiger charge is -2.57. The van der Waals surface area contributed by atoms with Gasteiger partial charge < -0.3 is 9.64 Å². The second-order valence-corrected chi connectivity index (χ2v) is 11.9. The Balaban J connectivity index is 1.23. The SMILES string of the molecule is C[C@]12CC[C@@H]3[C@H](CCC4=CC(=O)CC[C@@]43C)[C@@H]1CC[C@@H]2OC(=O)CC[NH+]1CCCCC1. The number of hydrogen-bond donors (Lipinski definition) is 1. The topological polar surface area (TPSA) is 47.8 Å². The average molecular weight is 429 g/mol. The Bertz CT molecular complexity index is 754. The van der Waals surface area contributed by atoms with E-state index >= 15 is 0 Å². The highest BCUT2D eigenvalue weighted by atomic mass is 16.5. The van der Waals surface area contributed by atoms with Gasteiger partial charge in [-0.1, -0.05) is 19.4 Å². The number of piperidine rings is 1. The fourth-order valence-electron chi connectivity index (χ4n) is 8.50. The molecule has 4 nitrogen and oxygen atoms in total. The molecule has 5 aliphatic rings. The van der Waals surface area contributed by atoms with Crippen molar-refractivity contribution < 1.29 is 19.2 Å². The van der Waals surface area contributed by atoms with Gasteiger partial charge in [0.25, 0.3) is 0 Å². The first kappa shape index (κ1) is 21.7. The molecule has 1 aliphatic heterocycles. The maximum absolute atomic E-state index is 12.7. The number of carbonyl (C=O) groups is 2. The molecule has 172 valence electrons. The van der Waals surface area contributed by atoms with E-state index in [1.165, 1.54) is 63.6 Å². The van der Waals surface area contributed by atoms with E-state index in [-0.39, 0.29) is 22.9 Å². The third-order valence-electron chi connectivity index (χ3n) is 10.4. The molecule has 0 radical (unpaired) electrons. The maximum atomic E-state index is 12.7. The quantitative estimate of drug-likeness (QED) is 0.691. The zero-order valence-electron chi connectivity index (χ0n) is 19.7. The summed E-state index contributed by atoms with van der Waals surface area (Å²) in [5.41, 5.74) is 1.82. The third kappa shape index (κ3) is 3.81. The molecule has 6 atom stereocenters. The highest BCUT2D eigenvalue weighted by molar-refractivity contribution is 5.91. The van der Waals surface area contributed by atoms with Gasteiger partial charge in [-0.25, -0.2) is 0 Å². The van der Waals surface area contributed by atoms with E-state index in [4.69, 9.17) is 4.74 Å². The van der Waals surface area contributed by atoms with Crippen molar-refractivity contribution in [3.8, 4) is 0 Å². The highest BCUT2D eigenvalue weighted by Crippen LogP contribution is 2.65. The Morgan fingerprint density at radius 1 is 1.03 bits per heavy atom. The summed E-state index contributed by atoms with van der Waals surface area (Å²) in [6.07, 6.45) is 15.4. The van der Waals surface area contributed by atoms with Crippen LogP contribution >= 0.6 is 0 Å². The Morgan fingerprint density at radius 2 is 1.84 bits per heavy atom. The first-order valence-electron chi connectivity index (χ1n) is 13.2. The standard InChI is InChI=1S/C27H41NO3/c1-26-13-10-20(29)18-19(26)6-7-21-22-8-9-24(27(22,2)14-11-23(21)26)31-25(30)12-17-28-15-4-3-5-16-28/h18,21-24H,3-17H2,1-2H3/p+1/t21-,22+,23-,24+,26+,27+/m1/s1. The van der Waals surface area contributed by atoms with Gasteiger partial charge in [0.05, 0.1) is 26.1 Å². The van der Waals surface area contributed by atoms with E-state index < -0.39 is 0 Å². The van der Waals surface area contributed by atoms with Crippen LogP contribution in [0.15, 0.2) is 11.6 Å². The fourth-order valence-corrected chi connectivity index (χ4v) is 8.50. The number of likely N-dealkylation sites (tertiary alicyclic amines) is 1. The molecular formula is C27H42NO3+. The van der Waals surface area contributed by atoms with Crippen LogP contribution in [0.3, 0.4) is 0 Å². The summed E-state index contributed by atoms with van der Waals surface area (Å²) in [4.78, 5) is 26.4. The van der Waals surface area contributed by atoms with E-state index in [1.54, 1.807) is 4.90 Å². The number of allylic oxidation sites excluding steroid dienone is 1. The molecule has 4 aliphatic carbocycles. The lowest BCUT2D eigenvalue weighted by atomic mass is 9.47. The molecule has 1 N–H and O–H groups in total. The van der Waals surface area contributed by atoms with Gasteiger partial charge in [-0.2, -0.15) is 0 Å². The summed E-state index contributed by atoms with van der Waals surface area (Å²) < 4.78 is 6.19. The summed E-state index contributed by atoms with van der Waals surface area (Å²) in [5.74, 6) is 2.49. The van der Waals surface area contributed by atoms with Gasteiger partial charge in [-0.15, -0.1) is 0 Å². The smallest absolute Gasteiger partial charge is 0.311 e. The molecule has 0 unspecified atom stereocenters. The van der Waals surface area contributed by atoms with Gasteiger partial charge in [0.1, 0.15) is 6.10 Å². The molecule has 31 heavy (non-hydrogen) atoms. The minimum Gasteiger partial charge on any atom is -0.462 e. The lowest BCUT2D eigenvalue weighted by molar-refractivity contribution is -0.904. The van der Waals surface area contributed by atoms with Crippen molar-refractivity contribution in [1.29, 1.82) is 0 Å². The summed E-state index contributed by atoms with van der Waals surface area (Å²) in [7, 11) is 0. The Hall–Kier alpha value is -1.16. The fraction of sp³-hybridized carbons (Fsp3) is 0.852. The van der Waals surface area contributed by atoms with Crippen molar-refractivity contribution in [2.45, 2.75) is 97.0 Å². The molecule has 1 saturated heterocycles. The van der Waals surface area contributed by atoms with Gasteiger partial charge in [-0.3, -0.25) is 9.59 Å². The van der Waals surface area contributed by atoms with Crippen LogP contribution in [0.1, 0.15) is 90.9 Å². The van der Waals surface area contributed by atoms with Crippen molar-refractivity contribution in [2.24, 2.45) is 28.6 Å². The number of quaternary nitrogens is 1. The van der Waals surface area contributed by atoms with Crippen LogP contribution in [0.2, 0.25) is 0 Å². The zero-order valence-corrected chi connectivity index (χ0v) is 19.7. The number of carbonyl (C=O) groups excluding carboxylic acids is 2. The van der Waals surface area contributed by atoms with E-state index in [0.717, 1.165) is 38.1 Å². The Kier molecular flexibility index (Phi) is 5.82. The second kappa shape index (κ2) is 8.32. The van der Waals surface area contributed by atoms with Gasteiger partial charge in [0.2, 0.25) is 0 Å². The van der Waals surface area contributed by atoms with Crippen LogP contribution in [0.25, 0.3) is 0 Å². The number of esters is 1. The van der Waals surface area contributed by atoms with E-state index in [2.05, 4.69) is 13.8 Å². The van der Waals surface area contributed by atoms with Crippen LogP contribution in [0.5, 0.6) is 0 Å². The molecule has 0 spiro atoms. The largest absolute Gasteiger partial charge is 0.462 e. The number of ether oxygens (including phenoxy) is 1. The number of nitrogens with one attached hydrogen (secondary N) is 1. The molecule has 0 aromatic heterocycles. The minimum atomic E-state index is 0.0405. The van der Waals surface area contributed by atoms with Crippen molar-refractivity contribution in [1.82, 2.24) is 0 Å². The number of ketones is 1. The first-order chi connectivity index (χ1) is 14.9. The Labute approximate surface area is 188 Å². The van der Waals surface area contributed by atoms with E-state index in [9.17, 15) is 9.59 Å². The van der Waals surface area contributed by atoms with Crippen molar-refractivity contribution in [3.63, 3.8) is 0 Å². The van der Waals surface area contributed by atoms with Crippen LogP contribution in [-0.4, -0.2) is 37.5 Å². The Morgan fingerprint density at radius 3 is 2.65 bits per heavy atom. The number of rotatable bonds is 4. The van der Waals surface area contributed by atoms with Crippen molar-refractivity contribution in [2.75, 3.05) is 19.6 Å². The molecule has 0 amide bonds. The molecule has 1 heterocycles. The highest BCUT2D eigenvalue weighted by Gasteiger charge is 2.59. The second-order valence-electron chi connectivity index (χ2n) is 11.9. The predicted molar refractivity (Wildman–Crippen MR) is 121 cm³/mol. The van der Waals surface area contributed by atoms with Gasteiger partial charge in [0, 0.05) is 11.8 Å². The molecule has 3 saturated carbocycles. The minimum absolute atomic E-state index is 0.0405.